The SMILES string of the molecule is Cc1sc2c(c1C)C(c1ccccc1)=N[C@H](Nc1nnc(-c3ncc(C(F)(F)F)cc3N3CCOCC3)o1)C(=O)N2. The van der Waals surface area contributed by atoms with E-state index in [4.69, 9.17) is 14.1 Å². The smallest absolute Gasteiger partial charge is 0.402 e. The maximum absolute atomic E-state index is 13.5. The molecule has 212 valence electrons. The molecule has 2 aliphatic rings. The van der Waals surface area contributed by atoms with Gasteiger partial charge in [-0.2, -0.15) is 13.2 Å². The van der Waals surface area contributed by atoms with Crippen molar-refractivity contribution in [3.8, 4) is 11.6 Å². The Hall–Kier alpha value is -4.30. The third-order valence-corrected chi connectivity index (χ3v) is 7.97. The minimum atomic E-state index is -4.58. The van der Waals surface area contributed by atoms with Crippen LogP contribution in [0.15, 0.2) is 52.0 Å². The van der Waals surface area contributed by atoms with E-state index >= 15 is 0 Å². The molecule has 14 heteroatoms. The van der Waals surface area contributed by atoms with E-state index in [1.165, 1.54) is 11.3 Å². The second-order valence-electron chi connectivity index (χ2n) is 9.47. The van der Waals surface area contributed by atoms with Crippen molar-refractivity contribution in [2.24, 2.45) is 4.99 Å². The van der Waals surface area contributed by atoms with Crippen LogP contribution in [0, 0.1) is 13.8 Å². The number of hydrogen-bond acceptors (Lipinski definition) is 10. The van der Waals surface area contributed by atoms with Gasteiger partial charge in [0.1, 0.15) is 5.00 Å². The molecule has 6 rings (SSSR count). The molecule has 1 aromatic carbocycles. The van der Waals surface area contributed by atoms with E-state index in [2.05, 4.69) is 25.8 Å². The Morgan fingerprint density at radius 1 is 1.12 bits per heavy atom. The molecule has 1 saturated heterocycles. The van der Waals surface area contributed by atoms with E-state index in [1.54, 1.807) is 4.90 Å². The number of anilines is 3. The number of halogens is 3. The summed E-state index contributed by atoms with van der Waals surface area (Å²) >= 11 is 1.47. The zero-order valence-electron chi connectivity index (χ0n) is 22.0. The van der Waals surface area contributed by atoms with E-state index in [1.807, 2.05) is 44.2 Å². The molecule has 10 nitrogen and oxygen atoms in total. The van der Waals surface area contributed by atoms with Crippen LogP contribution in [0.5, 0.6) is 0 Å². The van der Waals surface area contributed by atoms with Gasteiger partial charge in [-0.05, 0) is 25.5 Å². The second kappa shape index (κ2) is 10.6. The highest BCUT2D eigenvalue weighted by Gasteiger charge is 2.34. The quantitative estimate of drug-likeness (QED) is 0.341. The summed E-state index contributed by atoms with van der Waals surface area (Å²) in [6, 6.07) is 10.4. The van der Waals surface area contributed by atoms with Gasteiger partial charge in [-0.1, -0.05) is 35.4 Å². The molecular weight excluding hydrogens is 559 g/mol. The molecule has 0 saturated carbocycles. The van der Waals surface area contributed by atoms with Crippen molar-refractivity contribution < 1.29 is 27.1 Å². The Balaban J connectivity index is 1.35. The largest absolute Gasteiger partial charge is 0.417 e. The van der Waals surface area contributed by atoms with Crippen molar-refractivity contribution in [2.75, 3.05) is 41.8 Å². The predicted molar refractivity (Wildman–Crippen MR) is 147 cm³/mol. The average molecular weight is 584 g/mol. The lowest BCUT2D eigenvalue weighted by atomic mass is 10.00. The monoisotopic (exact) mass is 583 g/mol. The highest BCUT2D eigenvalue weighted by Crippen LogP contribution is 2.38. The van der Waals surface area contributed by atoms with E-state index in [9.17, 15) is 18.0 Å². The molecule has 4 aromatic rings. The first-order chi connectivity index (χ1) is 19.7. The van der Waals surface area contributed by atoms with Gasteiger partial charge >= 0.3 is 12.2 Å². The second-order valence-corrected chi connectivity index (χ2v) is 10.7. The number of aliphatic imine (C=N–C) groups is 1. The number of ether oxygens (including phenoxy) is 1. The van der Waals surface area contributed by atoms with Gasteiger partial charge in [0.05, 0.1) is 30.2 Å². The number of rotatable bonds is 5. The Kier molecular flexibility index (Phi) is 6.95. The maximum atomic E-state index is 13.5. The Morgan fingerprint density at radius 2 is 1.88 bits per heavy atom. The van der Waals surface area contributed by atoms with Gasteiger partial charge in [0.2, 0.25) is 6.17 Å². The minimum absolute atomic E-state index is 0.0903. The van der Waals surface area contributed by atoms with Gasteiger partial charge in [-0.25, -0.2) is 9.98 Å². The predicted octanol–water partition coefficient (Wildman–Crippen LogP) is 4.89. The van der Waals surface area contributed by atoms with Crippen molar-refractivity contribution in [3.05, 3.63) is 69.7 Å². The molecule has 1 amide bonds. The molecule has 0 radical (unpaired) electrons. The molecule has 41 heavy (non-hydrogen) atoms. The van der Waals surface area contributed by atoms with Crippen LogP contribution in [0.25, 0.3) is 11.6 Å². The number of amides is 1. The summed E-state index contributed by atoms with van der Waals surface area (Å²) in [6.45, 7) is 5.43. The van der Waals surface area contributed by atoms with E-state index < -0.39 is 23.8 Å². The average Bonchev–Trinajstić information content (AvgIpc) is 3.50. The summed E-state index contributed by atoms with van der Waals surface area (Å²) in [4.78, 5) is 24.8. The Morgan fingerprint density at radius 3 is 2.61 bits per heavy atom. The van der Waals surface area contributed by atoms with Crippen molar-refractivity contribution in [3.63, 3.8) is 0 Å². The van der Waals surface area contributed by atoms with Crippen molar-refractivity contribution >= 4 is 39.7 Å². The Labute approximate surface area is 236 Å². The third-order valence-electron chi connectivity index (χ3n) is 6.85. The van der Waals surface area contributed by atoms with E-state index in [-0.39, 0.29) is 23.3 Å². The number of nitrogens with zero attached hydrogens (tertiary/aromatic N) is 5. The molecule has 2 N–H and O–H groups in total. The normalized spacial score (nSPS) is 17.5. The fourth-order valence-electron chi connectivity index (χ4n) is 4.66. The number of carbonyl (C=O) groups is 1. The van der Waals surface area contributed by atoms with Crippen LogP contribution in [-0.4, -0.2) is 59.3 Å². The summed E-state index contributed by atoms with van der Waals surface area (Å²) in [5.74, 6) is -0.533. The number of morpholine rings is 1. The lowest BCUT2D eigenvalue weighted by Crippen LogP contribution is -2.36. The number of aryl methyl sites for hydroxylation is 1. The molecule has 2 aliphatic heterocycles. The minimum Gasteiger partial charge on any atom is -0.402 e. The lowest BCUT2D eigenvalue weighted by molar-refractivity contribution is -0.137. The molecule has 0 aliphatic carbocycles. The lowest BCUT2D eigenvalue weighted by Gasteiger charge is -2.30. The van der Waals surface area contributed by atoms with Crippen LogP contribution < -0.4 is 15.5 Å². The number of thiophene rings is 1. The summed E-state index contributed by atoms with van der Waals surface area (Å²) < 4.78 is 51.6. The van der Waals surface area contributed by atoms with E-state index in [0.717, 1.165) is 33.8 Å². The zero-order chi connectivity index (χ0) is 28.7. The van der Waals surface area contributed by atoms with Gasteiger partial charge in [-0.3, -0.25) is 4.79 Å². The zero-order valence-corrected chi connectivity index (χ0v) is 22.8. The first-order valence-corrected chi connectivity index (χ1v) is 13.6. The molecule has 3 aromatic heterocycles. The molecule has 1 atom stereocenters. The first kappa shape index (κ1) is 26.9. The van der Waals surface area contributed by atoms with Gasteiger partial charge < -0.3 is 24.7 Å². The van der Waals surface area contributed by atoms with Crippen LogP contribution in [0.4, 0.5) is 29.9 Å². The molecular formula is C27H24F3N7O3S. The number of benzene rings is 1. The maximum Gasteiger partial charge on any atom is 0.417 e. The Bertz CT molecular complexity index is 1630. The standard InChI is InChI=1S/C27H24F3N7O3S/c1-14-15(2)41-25-19(14)20(16-6-4-3-5-7-16)32-22(23(38)34-25)33-26-36-35-24(40-26)21-18(37-8-10-39-11-9-37)12-17(13-31-21)27(28,29)30/h3-7,12-13,22H,8-11H2,1-2H3,(H,33,36)(H,34,38)/t22-/m1/s1. The summed E-state index contributed by atoms with van der Waals surface area (Å²) in [6.07, 6.45) is -4.97. The fourth-order valence-corrected chi connectivity index (χ4v) is 5.72. The van der Waals surface area contributed by atoms with Crippen molar-refractivity contribution in [2.45, 2.75) is 26.2 Å². The molecule has 0 unspecified atom stereocenters. The fraction of sp³-hybridized carbons (Fsp3) is 0.296. The summed E-state index contributed by atoms with van der Waals surface area (Å²) in [7, 11) is 0. The highest BCUT2D eigenvalue weighted by atomic mass is 32.1. The van der Waals surface area contributed by atoms with Crippen LogP contribution >= 0.6 is 11.3 Å². The van der Waals surface area contributed by atoms with Gasteiger partial charge in [0.25, 0.3) is 11.8 Å². The third kappa shape index (κ3) is 5.27. The number of nitrogens with one attached hydrogen (secondary N) is 2. The topological polar surface area (TPSA) is 118 Å². The highest BCUT2D eigenvalue weighted by molar-refractivity contribution is 7.17. The molecule has 5 heterocycles. The van der Waals surface area contributed by atoms with Crippen LogP contribution in [0.2, 0.25) is 0 Å². The number of carbonyl (C=O) groups excluding carboxylic acids is 1. The number of hydrogen-bond donors (Lipinski definition) is 2. The van der Waals surface area contributed by atoms with Crippen LogP contribution in [0.3, 0.4) is 0 Å². The van der Waals surface area contributed by atoms with Gasteiger partial charge in [-0.15, -0.1) is 16.4 Å². The summed E-state index contributed by atoms with van der Waals surface area (Å²) in [5.41, 5.74) is 2.70. The molecule has 0 bridgehead atoms. The number of fused-ring (bicyclic) bond motifs is 1. The molecule has 0 spiro atoms. The van der Waals surface area contributed by atoms with Crippen LogP contribution in [-0.2, 0) is 15.7 Å². The van der Waals surface area contributed by atoms with Crippen molar-refractivity contribution in [1.82, 2.24) is 15.2 Å². The number of alkyl halides is 3. The number of aromatic nitrogens is 3. The number of pyridine rings is 1. The molecule has 1 fully saturated rings. The first-order valence-electron chi connectivity index (χ1n) is 12.7. The van der Waals surface area contributed by atoms with E-state index in [0.29, 0.717) is 37.0 Å². The van der Waals surface area contributed by atoms with Gasteiger partial charge in [0.15, 0.2) is 5.69 Å². The van der Waals surface area contributed by atoms with Gasteiger partial charge in [0, 0.05) is 35.3 Å². The van der Waals surface area contributed by atoms with Crippen molar-refractivity contribution in [1.29, 1.82) is 0 Å². The van der Waals surface area contributed by atoms with Crippen LogP contribution in [0.1, 0.15) is 27.1 Å². The summed E-state index contributed by atoms with van der Waals surface area (Å²) in [5, 5.41) is 14.5.